The Hall–Kier alpha value is -3.27. The van der Waals surface area contributed by atoms with E-state index in [1.165, 1.54) is 0 Å². The molecular formula is C17H20N4O5S. The first kappa shape index (κ1) is 21.8. The summed E-state index contributed by atoms with van der Waals surface area (Å²) in [6.45, 7) is 1.83. The largest absolute Gasteiger partial charge is 0.463 e. The molecule has 0 aliphatic carbocycles. The van der Waals surface area contributed by atoms with Crippen LogP contribution in [-0.4, -0.2) is 35.4 Å². The van der Waals surface area contributed by atoms with Crippen LogP contribution in [0.1, 0.15) is 19.8 Å². The molecule has 0 atom stereocenters. The summed E-state index contributed by atoms with van der Waals surface area (Å²) in [6.07, 6.45) is 1.79. The molecule has 1 aromatic carbocycles. The van der Waals surface area contributed by atoms with E-state index in [1.807, 2.05) is 6.07 Å². The second-order valence-electron chi connectivity index (χ2n) is 4.99. The zero-order chi connectivity index (χ0) is 20.1. The fraction of sp³-hybridized carbons (Fsp3) is 0.235. The fourth-order valence-electron chi connectivity index (χ4n) is 1.68. The van der Waals surface area contributed by atoms with Crippen molar-refractivity contribution < 1.29 is 23.9 Å². The molecule has 0 heterocycles. The molecular weight excluding hydrogens is 372 g/mol. The molecule has 0 aromatic heterocycles. The van der Waals surface area contributed by atoms with Gasteiger partial charge in [0, 0.05) is 30.7 Å². The van der Waals surface area contributed by atoms with Gasteiger partial charge in [-0.2, -0.15) is 0 Å². The smallest absolute Gasteiger partial charge is 0.330 e. The van der Waals surface area contributed by atoms with Gasteiger partial charge in [0.1, 0.15) is 0 Å². The Morgan fingerprint density at radius 1 is 1.00 bits per heavy atom. The normalized spacial score (nSPS) is 9.96. The van der Waals surface area contributed by atoms with E-state index in [-0.39, 0.29) is 30.5 Å². The van der Waals surface area contributed by atoms with E-state index in [9.17, 15) is 19.2 Å². The lowest BCUT2D eigenvalue weighted by Gasteiger charge is -2.09. The zero-order valence-electron chi connectivity index (χ0n) is 14.6. The maximum Gasteiger partial charge on any atom is 0.330 e. The average Bonchev–Trinajstić information content (AvgIpc) is 2.64. The number of rotatable bonds is 7. The van der Waals surface area contributed by atoms with E-state index in [0.29, 0.717) is 5.69 Å². The molecule has 4 N–H and O–H groups in total. The maximum absolute atomic E-state index is 11.7. The zero-order valence-corrected chi connectivity index (χ0v) is 15.4. The molecule has 10 heteroatoms. The summed E-state index contributed by atoms with van der Waals surface area (Å²) in [5.74, 6) is -2.13. The highest BCUT2D eigenvalue weighted by atomic mass is 32.1. The van der Waals surface area contributed by atoms with Gasteiger partial charge in [-0.25, -0.2) is 4.79 Å². The first-order valence-corrected chi connectivity index (χ1v) is 8.41. The van der Waals surface area contributed by atoms with Crippen molar-refractivity contribution in [2.45, 2.75) is 19.8 Å². The lowest BCUT2D eigenvalue weighted by atomic mass is 10.2. The van der Waals surface area contributed by atoms with Crippen molar-refractivity contribution in [2.75, 3.05) is 11.9 Å². The Labute approximate surface area is 161 Å². The van der Waals surface area contributed by atoms with Gasteiger partial charge in [-0.3, -0.25) is 30.6 Å². The van der Waals surface area contributed by atoms with Crippen molar-refractivity contribution in [3.05, 3.63) is 42.5 Å². The second kappa shape index (κ2) is 12.1. The van der Waals surface area contributed by atoms with Crippen LogP contribution in [0.2, 0.25) is 0 Å². The number of thiocarbonyl (C=S) groups is 1. The van der Waals surface area contributed by atoms with Gasteiger partial charge in [-0.1, -0.05) is 18.2 Å². The number of nitrogens with one attached hydrogen (secondary N) is 4. The Kier molecular flexibility index (Phi) is 9.79. The minimum Gasteiger partial charge on any atom is -0.463 e. The van der Waals surface area contributed by atoms with Gasteiger partial charge >= 0.3 is 5.97 Å². The summed E-state index contributed by atoms with van der Waals surface area (Å²) < 4.78 is 4.62. The minimum atomic E-state index is -0.669. The van der Waals surface area contributed by atoms with E-state index >= 15 is 0 Å². The molecule has 0 unspecified atom stereocenters. The van der Waals surface area contributed by atoms with Gasteiger partial charge in [0.25, 0.3) is 0 Å². The van der Waals surface area contributed by atoms with Gasteiger partial charge in [-0.05, 0) is 31.3 Å². The number of carbonyl (C=O) groups is 4. The predicted molar refractivity (Wildman–Crippen MR) is 102 cm³/mol. The number of hydrogen-bond acceptors (Lipinski definition) is 6. The number of benzene rings is 1. The van der Waals surface area contributed by atoms with Crippen LogP contribution in [-0.2, 0) is 23.9 Å². The summed E-state index contributed by atoms with van der Waals surface area (Å²) in [7, 11) is 0. The number of amides is 3. The van der Waals surface area contributed by atoms with Crippen LogP contribution in [0.3, 0.4) is 0 Å². The molecule has 1 aromatic rings. The highest BCUT2D eigenvalue weighted by Crippen LogP contribution is 2.05. The van der Waals surface area contributed by atoms with Crippen LogP contribution in [0, 0.1) is 0 Å². The van der Waals surface area contributed by atoms with Crippen LogP contribution >= 0.6 is 12.2 Å². The Morgan fingerprint density at radius 3 is 2.33 bits per heavy atom. The van der Waals surface area contributed by atoms with Crippen LogP contribution in [0.25, 0.3) is 0 Å². The van der Waals surface area contributed by atoms with Crippen molar-refractivity contribution in [3.63, 3.8) is 0 Å². The van der Waals surface area contributed by atoms with Crippen molar-refractivity contribution in [2.24, 2.45) is 0 Å². The van der Waals surface area contributed by atoms with E-state index in [0.717, 1.165) is 12.2 Å². The van der Waals surface area contributed by atoms with E-state index < -0.39 is 17.8 Å². The van der Waals surface area contributed by atoms with Crippen LogP contribution in [0.4, 0.5) is 5.69 Å². The Morgan fingerprint density at radius 2 is 1.67 bits per heavy atom. The first-order chi connectivity index (χ1) is 12.9. The Bertz CT molecular complexity index is 721. The molecule has 0 aliphatic rings. The van der Waals surface area contributed by atoms with Gasteiger partial charge in [-0.15, -0.1) is 0 Å². The summed E-state index contributed by atoms with van der Waals surface area (Å²) in [5, 5.41) is 4.71. The molecule has 9 nitrogen and oxygen atoms in total. The van der Waals surface area contributed by atoms with Gasteiger partial charge < -0.3 is 10.1 Å². The Balaban J connectivity index is 2.23. The molecule has 0 spiro atoms. The fourth-order valence-corrected chi connectivity index (χ4v) is 1.83. The van der Waals surface area contributed by atoms with Gasteiger partial charge in [0.05, 0.1) is 6.61 Å². The van der Waals surface area contributed by atoms with Crippen molar-refractivity contribution in [1.29, 1.82) is 0 Å². The van der Waals surface area contributed by atoms with Crippen LogP contribution in [0.5, 0.6) is 0 Å². The standard InChI is InChI=1S/C17H20N4O5S/c1-2-26-16(25)11-10-14(23)19-17(27)21-20-15(24)9-8-13(22)18-12-6-4-3-5-7-12/h3-7,10-11H,2,8-9H2,1H3,(H,18,22)(H,20,24)(H2,19,21,23,27). The molecule has 0 saturated heterocycles. The van der Waals surface area contributed by atoms with Gasteiger partial charge in [0.15, 0.2) is 5.11 Å². The molecule has 1 rings (SSSR count). The number of hydrogen-bond donors (Lipinski definition) is 4. The van der Waals surface area contributed by atoms with E-state index in [2.05, 4.69) is 26.2 Å². The van der Waals surface area contributed by atoms with E-state index in [1.54, 1.807) is 31.2 Å². The minimum absolute atomic E-state index is 0.0240. The second-order valence-corrected chi connectivity index (χ2v) is 5.40. The average molecular weight is 392 g/mol. The number of hydrazine groups is 1. The number of ether oxygens (including phenoxy) is 1. The number of anilines is 1. The molecule has 27 heavy (non-hydrogen) atoms. The van der Waals surface area contributed by atoms with Crippen molar-refractivity contribution >= 4 is 46.7 Å². The highest BCUT2D eigenvalue weighted by Gasteiger charge is 2.08. The molecule has 0 fully saturated rings. The van der Waals surface area contributed by atoms with E-state index in [4.69, 9.17) is 12.2 Å². The monoisotopic (exact) mass is 392 g/mol. The third-order valence-corrected chi connectivity index (χ3v) is 3.05. The lowest BCUT2D eigenvalue weighted by molar-refractivity contribution is -0.137. The SMILES string of the molecule is CCOC(=O)C=CC(=O)NC(=S)NNC(=O)CCC(=O)Nc1ccccc1. The summed E-state index contributed by atoms with van der Waals surface area (Å²) in [4.78, 5) is 46.0. The van der Waals surface area contributed by atoms with Crippen LogP contribution in [0.15, 0.2) is 42.5 Å². The van der Waals surface area contributed by atoms with Gasteiger partial charge in [0.2, 0.25) is 17.7 Å². The quantitative estimate of drug-likeness (QED) is 0.231. The van der Waals surface area contributed by atoms with Crippen LogP contribution < -0.4 is 21.5 Å². The third-order valence-electron chi connectivity index (χ3n) is 2.85. The lowest BCUT2D eigenvalue weighted by Crippen LogP contribution is -2.48. The predicted octanol–water partition coefficient (Wildman–Crippen LogP) is 0.547. The molecule has 0 saturated carbocycles. The molecule has 0 aliphatic heterocycles. The summed E-state index contributed by atoms with van der Waals surface area (Å²) in [5.41, 5.74) is 5.21. The van der Waals surface area contributed by atoms with Crippen molar-refractivity contribution in [1.82, 2.24) is 16.2 Å². The topological polar surface area (TPSA) is 126 Å². The maximum atomic E-state index is 11.7. The first-order valence-electron chi connectivity index (χ1n) is 8.00. The molecule has 0 radical (unpaired) electrons. The number of esters is 1. The molecule has 0 bridgehead atoms. The van der Waals surface area contributed by atoms with Crippen molar-refractivity contribution in [3.8, 4) is 0 Å². The number of carbonyl (C=O) groups excluding carboxylic acids is 4. The molecule has 3 amide bonds. The summed E-state index contributed by atoms with van der Waals surface area (Å²) >= 11 is 4.82. The third kappa shape index (κ3) is 10.3. The highest BCUT2D eigenvalue weighted by molar-refractivity contribution is 7.80. The molecule has 144 valence electrons. The number of para-hydroxylation sites is 1. The summed E-state index contributed by atoms with van der Waals surface area (Å²) in [6, 6.07) is 8.85.